The molecular formula is C28H29NO4. The Morgan fingerprint density at radius 2 is 1.30 bits per heavy atom. The first-order valence-corrected chi connectivity index (χ1v) is 11.0. The van der Waals surface area contributed by atoms with Crippen LogP contribution in [0.4, 0.5) is 5.69 Å². The van der Waals surface area contributed by atoms with Gasteiger partial charge in [-0.25, -0.2) is 4.79 Å². The van der Waals surface area contributed by atoms with Crippen LogP contribution in [0, 0.1) is 5.41 Å². The smallest absolute Gasteiger partial charge is 0.338 e. The summed E-state index contributed by atoms with van der Waals surface area (Å²) in [5, 5.41) is 0. The largest absolute Gasteiger partial charge is 0.462 e. The van der Waals surface area contributed by atoms with Crippen molar-refractivity contribution in [2.75, 3.05) is 11.5 Å². The van der Waals surface area contributed by atoms with Crippen LogP contribution in [0.5, 0.6) is 0 Å². The van der Waals surface area contributed by atoms with E-state index in [0.29, 0.717) is 35.5 Å². The molecule has 170 valence electrons. The van der Waals surface area contributed by atoms with E-state index in [0.717, 1.165) is 5.56 Å². The summed E-state index contributed by atoms with van der Waals surface area (Å²) in [4.78, 5) is 39.7. The lowest BCUT2D eigenvalue weighted by Crippen LogP contribution is -2.30. The van der Waals surface area contributed by atoms with Crippen molar-refractivity contribution in [3.63, 3.8) is 0 Å². The van der Waals surface area contributed by atoms with E-state index in [1.165, 1.54) is 0 Å². The number of amides is 1. The molecule has 3 rings (SSSR count). The summed E-state index contributed by atoms with van der Waals surface area (Å²) in [7, 11) is 0. The quantitative estimate of drug-likeness (QED) is 0.335. The van der Waals surface area contributed by atoms with Gasteiger partial charge in [0.15, 0.2) is 5.78 Å². The molecule has 0 atom stereocenters. The molecule has 5 nitrogen and oxygen atoms in total. The van der Waals surface area contributed by atoms with Gasteiger partial charge < -0.3 is 9.64 Å². The number of hydrogen-bond acceptors (Lipinski definition) is 4. The van der Waals surface area contributed by atoms with Crippen LogP contribution in [0.25, 0.3) is 0 Å². The van der Waals surface area contributed by atoms with Crippen molar-refractivity contribution < 1.29 is 19.1 Å². The first-order valence-electron chi connectivity index (χ1n) is 11.0. The molecule has 1 amide bonds. The number of hydrogen-bond donors (Lipinski definition) is 0. The van der Waals surface area contributed by atoms with Crippen LogP contribution < -0.4 is 4.90 Å². The van der Waals surface area contributed by atoms with Gasteiger partial charge in [0.05, 0.1) is 18.7 Å². The third kappa shape index (κ3) is 5.95. The average Bonchev–Trinajstić information content (AvgIpc) is 2.82. The number of benzene rings is 3. The second kappa shape index (κ2) is 10.3. The Hall–Kier alpha value is -3.73. The van der Waals surface area contributed by atoms with Crippen LogP contribution in [-0.2, 0) is 11.3 Å². The summed E-state index contributed by atoms with van der Waals surface area (Å²) in [5.74, 6) is -0.571. The number of ketones is 1. The van der Waals surface area contributed by atoms with Crippen LogP contribution in [0.3, 0.4) is 0 Å². The molecule has 0 aliphatic carbocycles. The molecule has 3 aromatic rings. The minimum absolute atomic E-state index is 0.0252. The Balaban J connectivity index is 1.92. The van der Waals surface area contributed by atoms with E-state index < -0.39 is 11.4 Å². The monoisotopic (exact) mass is 443 g/mol. The van der Waals surface area contributed by atoms with E-state index in [-0.39, 0.29) is 11.7 Å². The van der Waals surface area contributed by atoms with E-state index in [1.807, 2.05) is 51.1 Å². The fraction of sp³-hybridized carbons (Fsp3) is 0.250. The summed E-state index contributed by atoms with van der Waals surface area (Å²) in [6.45, 7) is 8.03. The van der Waals surface area contributed by atoms with Crippen LogP contribution in [0.1, 0.15) is 64.3 Å². The van der Waals surface area contributed by atoms with Crippen LogP contribution >= 0.6 is 0 Å². The van der Waals surface area contributed by atoms with Crippen molar-refractivity contribution in [3.8, 4) is 0 Å². The van der Waals surface area contributed by atoms with Gasteiger partial charge >= 0.3 is 5.97 Å². The van der Waals surface area contributed by atoms with E-state index in [1.54, 1.807) is 60.4 Å². The molecule has 0 N–H and O–H groups in total. The molecule has 0 unspecified atom stereocenters. The summed E-state index contributed by atoms with van der Waals surface area (Å²) in [6.07, 6.45) is 0. The Kier molecular flexibility index (Phi) is 7.44. The van der Waals surface area contributed by atoms with Crippen molar-refractivity contribution in [1.82, 2.24) is 0 Å². The molecule has 0 aliphatic heterocycles. The maximum atomic E-state index is 13.5. The molecule has 0 fully saturated rings. The highest BCUT2D eigenvalue weighted by molar-refractivity contribution is 6.07. The summed E-state index contributed by atoms with van der Waals surface area (Å²) < 4.78 is 5.05. The normalized spacial score (nSPS) is 11.0. The molecule has 0 heterocycles. The summed E-state index contributed by atoms with van der Waals surface area (Å²) >= 11 is 0. The second-order valence-corrected chi connectivity index (χ2v) is 8.80. The lowest BCUT2D eigenvalue weighted by molar-refractivity contribution is 0.0526. The lowest BCUT2D eigenvalue weighted by Gasteiger charge is -2.24. The fourth-order valence-corrected chi connectivity index (χ4v) is 3.39. The Bertz CT molecular complexity index is 1110. The first kappa shape index (κ1) is 23.9. The highest BCUT2D eigenvalue weighted by Crippen LogP contribution is 2.24. The molecule has 0 aliphatic rings. The molecule has 5 heteroatoms. The molecule has 0 saturated carbocycles. The number of carbonyl (C=O) groups is 3. The topological polar surface area (TPSA) is 63.7 Å². The third-order valence-corrected chi connectivity index (χ3v) is 5.19. The van der Waals surface area contributed by atoms with Crippen molar-refractivity contribution in [1.29, 1.82) is 0 Å². The molecule has 0 spiro atoms. The Labute approximate surface area is 195 Å². The van der Waals surface area contributed by atoms with Crippen molar-refractivity contribution in [2.24, 2.45) is 5.41 Å². The van der Waals surface area contributed by atoms with Gasteiger partial charge in [-0.1, -0.05) is 63.2 Å². The van der Waals surface area contributed by atoms with Gasteiger partial charge in [0.25, 0.3) is 5.91 Å². The van der Waals surface area contributed by atoms with Crippen molar-refractivity contribution in [2.45, 2.75) is 34.2 Å². The zero-order valence-corrected chi connectivity index (χ0v) is 19.5. The third-order valence-electron chi connectivity index (χ3n) is 5.19. The van der Waals surface area contributed by atoms with E-state index in [4.69, 9.17) is 4.74 Å². The molecule has 0 aromatic heterocycles. The van der Waals surface area contributed by atoms with Gasteiger partial charge in [0.2, 0.25) is 0 Å². The number of nitrogens with zero attached hydrogens (tertiary/aromatic N) is 1. The predicted octanol–water partition coefficient (Wildman–Crippen LogP) is 5.94. The van der Waals surface area contributed by atoms with Gasteiger partial charge in [-0.2, -0.15) is 0 Å². The van der Waals surface area contributed by atoms with Crippen molar-refractivity contribution in [3.05, 3.63) is 101 Å². The lowest BCUT2D eigenvalue weighted by atomic mass is 9.86. The fourth-order valence-electron chi connectivity index (χ4n) is 3.39. The first-order chi connectivity index (χ1) is 15.7. The van der Waals surface area contributed by atoms with Crippen LogP contribution in [-0.4, -0.2) is 24.3 Å². The number of anilines is 1. The van der Waals surface area contributed by atoms with Gasteiger partial charge in [0.1, 0.15) is 0 Å². The number of rotatable bonds is 7. The molecular weight excluding hydrogens is 414 g/mol. The van der Waals surface area contributed by atoms with Gasteiger partial charge in [-0.3, -0.25) is 9.59 Å². The Morgan fingerprint density at radius 1 is 0.758 bits per heavy atom. The standard InChI is InChI=1S/C28H29NO4/c1-5-33-27(32)23-15-17-24(18-16-23)29(19-20-9-7-6-8-10-20)26(31)22-13-11-21(12-14-22)25(30)28(2,3)4/h6-18H,5,19H2,1-4H3. The highest BCUT2D eigenvalue weighted by Gasteiger charge is 2.24. The average molecular weight is 444 g/mol. The number of ether oxygens (including phenoxy) is 1. The van der Waals surface area contributed by atoms with E-state index in [2.05, 4.69) is 0 Å². The maximum Gasteiger partial charge on any atom is 0.338 e. The van der Waals surface area contributed by atoms with Gasteiger partial charge in [0, 0.05) is 22.2 Å². The number of carbonyl (C=O) groups excluding carboxylic acids is 3. The van der Waals surface area contributed by atoms with E-state index >= 15 is 0 Å². The van der Waals surface area contributed by atoms with Gasteiger partial charge in [-0.15, -0.1) is 0 Å². The minimum atomic E-state index is -0.495. The van der Waals surface area contributed by atoms with E-state index in [9.17, 15) is 14.4 Å². The molecule has 3 aromatic carbocycles. The summed E-state index contributed by atoms with van der Waals surface area (Å²) in [5.41, 5.74) is 2.62. The SMILES string of the molecule is CCOC(=O)c1ccc(N(Cc2ccccc2)C(=O)c2ccc(C(=O)C(C)(C)C)cc2)cc1. The number of esters is 1. The Morgan fingerprint density at radius 3 is 1.85 bits per heavy atom. The number of Topliss-reactive ketones (excluding diaryl/α,β-unsaturated/α-hetero) is 1. The van der Waals surface area contributed by atoms with Gasteiger partial charge in [-0.05, 0) is 48.9 Å². The van der Waals surface area contributed by atoms with Crippen LogP contribution in [0.15, 0.2) is 78.9 Å². The second-order valence-electron chi connectivity index (χ2n) is 8.80. The van der Waals surface area contributed by atoms with Crippen LogP contribution in [0.2, 0.25) is 0 Å². The zero-order chi connectivity index (χ0) is 24.0. The minimum Gasteiger partial charge on any atom is -0.462 e. The zero-order valence-electron chi connectivity index (χ0n) is 19.5. The predicted molar refractivity (Wildman–Crippen MR) is 130 cm³/mol. The highest BCUT2D eigenvalue weighted by atomic mass is 16.5. The van der Waals surface area contributed by atoms with Crippen molar-refractivity contribution >= 4 is 23.3 Å². The summed E-state index contributed by atoms with van der Waals surface area (Å²) in [6, 6.07) is 23.3. The molecule has 0 saturated heterocycles. The molecule has 33 heavy (non-hydrogen) atoms. The molecule has 0 radical (unpaired) electrons. The maximum absolute atomic E-state index is 13.5. The molecule has 0 bridgehead atoms.